The van der Waals surface area contributed by atoms with E-state index in [4.69, 9.17) is 4.99 Å². The Morgan fingerprint density at radius 2 is 1.83 bits per heavy atom. The summed E-state index contributed by atoms with van der Waals surface area (Å²) in [6, 6.07) is 8.72. The zero-order valence-corrected chi connectivity index (χ0v) is 21.0. The van der Waals surface area contributed by atoms with Crippen LogP contribution >= 0.6 is 35.3 Å². The van der Waals surface area contributed by atoms with E-state index in [9.17, 15) is 0 Å². The number of aliphatic imine (C=N–C) groups is 1. The number of thiazole rings is 1. The minimum Gasteiger partial charge on any atom is -0.357 e. The summed E-state index contributed by atoms with van der Waals surface area (Å²) in [5.41, 5.74) is 3.83. The minimum absolute atomic E-state index is 0. The van der Waals surface area contributed by atoms with E-state index < -0.39 is 0 Å². The molecule has 1 aliphatic rings. The summed E-state index contributed by atoms with van der Waals surface area (Å²) in [6.07, 6.45) is 4.02. The molecule has 0 atom stereocenters. The number of piperidine rings is 1. The molecule has 1 fully saturated rings. The Bertz CT molecular complexity index is 764. The van der Waals surface area contributed by atoms with Gasteiger partial charge < -0.3 is 10.6 Å². The highest BCUT2D eigenvalue weighted by Crippen LogP contribution is 2.17. The van der Waals surface area contributed by atoms with E-state index in [1.807, 2.05) is 0 Å². The van der Waals surface area contributed by atoms with E-state index in [-0.39, 0.29) is 24.0 Å². The van der Waals surface area contributed by atoms with Crippen molar-refractivity contribution < 1.29 is 0 Å². The van der Waals surface area contributed by atoms with Crippen LogP contribution in [0.5, 0.6) is 0 Å². The molecule has 0 aliphatic carbocycles. The van der Waals surface area contributed by atoms with E-state index >= 15 is 0 Å². The molecule has 0 bridgehead atoms. The quantitative estimate of drug-likeness (QED) is 0.314. The highest BCUT2D eigenvalue weighted by molar-refractivity contribution is 14.0. The second kappa shape index (κ2) is 12.5. The Hall–Kier alpha value is -1.19. The molecule has 0 unspecified atom stereocenters. The number of nitrogens with one attached hydrogen (secondary N) is 2. The molecule has 2 N–H and O–H groups in total. The average Bonchev–Trinajstić information content (AvgIpc) is 3.03. The maximum atomic E-state index is 4.83. The summed E-state index contributed by atoms with van der Waals surface area (Å²) >= 11 is 1.75. The molecule has 5 nitrogen and oxygen atoms in total. The molecule has 0 radical (unpaired) electrons. The first-order valence-corrected chi connectivity index (χ1v) is 11.2. The van der Waals surface area contributed by atoms with E-state index in [1.165, 1.54) is 48.4 Å². The van der Waals surface area contributed by atoms with Gasteiger partial charge in [0.15, 0.2) is 5.96 Å². The van der Waals surface area contributed by atoms with E-state index in [0.717, 1.165) is 29.8 Å². The predicted octanol–water partition coefficient (Wildman–Crippen LogP) is 4.62. The molecule has 29 heavy (non-hydrogen) atoms. The Labute approximate surface area is 196 Å². The van der Waals surface area contributed by atoms with Crippen LogP contribution in [0.2, 0.25) is 0 Å². The van der Waals surface area contributed by atoms with Crippen LogP contribution in [-0.4, -0.2) is 35.5 Å². The van der Waals surface area contributed by atoms with Gasteiger partial charge in [0.2, 0.25) is 0 Å². The fourth-order valence-corrected chi connectivity index (χ4v) is 4.38. The lowest BCUT2D eigenvalue weighted by atomic mass is 10.1. The van der Waals surface area contributed by atoms with Crippen LogP contribution in [0.25, 0.3) is 0 Å². The number of rotatable bonds is 7. The highest BCUT2D eigenvalue weighted by Gasteiger charge is 2.12. The molecule has 7 heteroatoms. The summed E-state index contributed by atoms with van der Waals surface area (Å²) in [5, 5.41) is 7.88. The van der Waals surface area contributed by atoms with Gasteiger partial charge >= 0.3 is 0 Å². The number of guanidine groups is 1. The SMILES string of the molecule is CCNC(=NCc1ccccc1CN1CCCCC1)NCc1nc(C)c(C)s1.I. The van der Waals surface area contributed by atoms with Gasteiger partial charge in [0.05, 0.1) is 18.8 Å². The number of hydrogen-bond acceptors (Lipinski definition) is 4. The standard InChI is InChI=1S/C22H33N5S.HI/c1-4-23-22(25-15-21-26-17(2)18(3)28-21)24-14-19-10-6-7-11-20(19)16-27-12-8-5-9-13-27;/h6-7,10-11H,4-5,8-9,12-16H2,1-3H3,(H2,23,24,25);1H. The molecule has 1 aromatic carbocycles. The van der Waals surface area contributed by atoms with Crippen LogP contribution in [0, 0.1) is 13.8 Å². The second-order valence-electron chi connectivity index (χ2n) is 7.40. The van der Waals surface area contributed by atoms with Gasteiger partial charge in [-0.3, -0.25) is 4.90 Å². The Kier molecular flexibility index (Phi) is 10.4. The van der Waals surface area contributed by atoms with Crippen molar-refractivity contribution in [3.8, 4) is 0 Å². The van der Waals surface area contributed by atoms with Crippen molar-refractivity contribution >= 4 is 41.3 Å². The molecule has 0 spiro atoms. The largest absolute Gasteiger partial charge is 0.357 e. The smallest absolute Gasteiger partial charge is 0.191 e. The van der Waals surface area contributed by atoms with Gasteiger partial charge in [-0.2, -0.15) is 0 Å². The lowest BCUT2D eigenvalue weighted by Crippen LogP contribution is -2.36. The van der Waals surface area contributed by atoms with Crippen LogP contribution in [0.4, 0.5) is 0 Å². The maximum Gasteiger partial charge on any atom is 0.191 e. The van der Waals surface area contributed by atoms with Gasteiger partial charge in [-0.05, 0) is 57.8 Å². The molecule has 3 rings (SSSR count). The lowest BCUT2D eigenvalue weighted by molar-refractivity contribution is 0.220. The number of aryl methyl sites for hydroxylation is 2. The maximum absolute atomic E-state index is 4.83. The summed E-state index contributed by atoms with van der Waals surface area (Å²) in [5.74, 6) is 0.848. The van der Waals surface area contributed by atoms with Gasteiger partial charge in [0.1, 0.15) is 5.01 Å². The third kappa shape index (κ3) is 7.53. The number of nitrogens with zero attached hydrogens (tertiary/aromatic N) is 3. The van der Waals surface area contributed by atoms with E-state index in [1.54, 1.807) is 11.3 Å². The van der Waals surface area contributed by atoms with E-state index in [0.29, 0.717) is 13.1 Å². The molecule has 1 saturated heterocycles. The van der Waals surface area contributed by atoms with Gasteiger partial charge in [0, 0.05) is 18.0 Å². The third-order valence-electron chi connectivity index (χ3n) is 5.19. The number of aromatic nitrogens is 1. The molecule has 1 aromatic heterocycles. The zero-order valence-electron chi connectivity index (χ0n) is 17.8. The van der Waals surface area contributed by atoms with Crippen molar-refractivity contribution in [1.29, 1.82) is 0 Å². The molecule has 0 saturated carbocycles. The number of hydrogen-bond donors (Lipinski definition) is 2. The summed E-state index contributed by atoms with van der Waals surface area (Å²) in [6.45, 7) is 12.0. The summed E-state index contributed by atoms with van der Waals surface area (Å²) < 4.78 is 0. The highest BCUT2D eigenvalue weighted by atomic mass is 127. The van der Waals surface area contributed by atoms with Crippen molar-refractivity contribution in [2.24, 2.45) is 4.99 Å². The Morgan fingerprint density at radius 1 is 1.10 bits per heavy atom. The first kappa shape index (κ1) is 24.1. The van der Waals surface area contributed by atoms with Crippen molar-refractivity contribution in [1.82, 2.24) is 20.5 Å². The topological polar surface area (TPSA) is 52.6 Å². The van der Waals surface area contributed by atoms with Crippen molar-refractivity contribution in [2.75, 3.05) is 19.6 Å². The molecule has 2 aromatic rings. The molecule has 1 aliphatic heterocycles. The van der Waals surface area contributed by atoms with Gasteiger partial charge in [0.25, 0.3) is 0 Å². The van der Waals surface area contributed by atoms with Crippen LogP contribution in [-0.2, 0) is 19.6 Å². The first-order valence-electron chi connectivity index (χ1n) is 10.4. The van der Waals surface area contributed by atoms with Gasteiger partial charge in [-0.15, -0.1) is 35.3 Å². The fraction of sp³-hybridized carbons (Fsp3) is 0.545. The minimum atomic E-state index is 0. The van der Waals surface area contributed by atoms with Crippen LogP contribution in [0.15, 0.2) is 29.3 Å². The molecular weight excluding hydrogens is 493 g/mol. The zero-order chi connectivity index (χ0) is 19.8. The van der Waals surface area contributed by atoms with Crippen molar-refractivity contribution in [2.45, 2.75) is 59.7 Å². The van der Waals surface area contributed by atoms with Gasteiger partial charge in [-0.25, -0.2) is 9.98 Å². The Morgan fingerprint density at radius 3 is 2.48 bits per heavy atom. The monoisotopic (exact) mass is 527 g/mol. The molecule has 2 heterocycles. The first-order chi connectivity index (χ1) is 13.7. The molecule has 160 valence electrons. The van der Waals surface area contributed by atoms with Gasteiger partial charge in [-0.1, -0.05) is 30.7 Å². The second-order valence-corrected chi connectivity index (χ2v) is 8.69. The van der Waals surface area contributed by atoms with Crippen LogP contribution in [0.1, 0.15) is 52.9 Å². The predicted molar refractivity (Wildman–Crippen MR) is 134 cm³/mol. The fourth-order valence-electron chi connectivity index (χ4n) is 3.50. The number of likely N-dealkylation sites (tertiary alicyclic amines) is 1. The van der Waals surface area contributed by atoms with E-state index in [2.05, 4.69) is 65.6 Å². The Balaban J connectivity index is 0.00000300. The molecule has 0 amide bonds. The number of halogens is 1. The van der Waals surface area contributed by atoms with Crippen molar-refractivity contribution in [3.63, 3.8) is 0 Å². The van der Waals surface area contributed by atoms with Crippen molar-refractivity contribution in [3.05, 3.63) is 51.0 Å². The summed E-state index contributed by atoms with van der Waals surface area (Å²) in [7, 11) is 0. The average molecular weight is 528 g/mol. The van der Waals surface area contributed by atoms with Crippen LogP contribution < -0.4 is 10.6 Å². The lowest BCUT2D eigenvalue weighted by Gasteiger charge is -2.27. The normalized spacial score (nSPS) is 15.1. The third-order valence-corrected chi connectivity index (χ3v) is 6.27. The van der Waals surface area contributed by atoms with Crippen LogP contribution in [0.3, 0.4) is 0 Å². The number of benzene rings is 1. The molecular formula is C22H34IN5S. The summed E-state index contributed by atoms with van der Waals surface area (Å²) in [4.78, 5) is 13.3.